The Bertz CT molecular complexity index is 1190. The van der Waals surface area contributed by atoms with Crippen LogP contribution in [-0.2, 0) is 6.54 Å². The highest BCUT2D eigenvalue weighted by atomic mass is 79.9. The van der Waals surface area contributed by atoms with Crippen LogP contribution in [0.2, 0.25) is 0 Å². The molecule has 0 aliphatic heterocycles. The average Bonchev–Trinajstić information content (AvgIpc) is 3.14. The van der Waals surface area contributed by atoms with Crippen LogP contribution >= 0.6 is 15.9 Å². The first-order chi connectivity index (χ1) is 13.6. The van der Waals surface area contributed by atoms with E-state index in [1.165, 1.54) is 6.20 Å². The number of hydrogen-bond acceptors (Lipinski definition) is 5. The van der Waals surface area contributed by atoms with E-state index in [-0.39, 0.29) is 11.3 Å². The van der Waals surface area contributed by atoms with Crippen molar-refractivity contribution in [2.45, 2.75) is 13.5 Å². The largest absolute Gasteiger partial charge is 0.508 e. The molecule has 142 valence electrons. The molecule has 0 amide bonds. The molecular weight excluding hydrogens is 422 g/mol. The van der Waals surface area contributed by atoms with Crippen molar-refractivity contribution in [3.63, 3.8) is 0 Å². The summed E-state index contributed by atoms with van der Waals surface area (Å²) in [5.74, 6) is 0.622. The molecule has 0 spiro atoms. The zero-order valence-electron chi connectivity index (χ0n) is 15.1. The second-order valence-electron chi connectivity index (χ2n) is 6.31. The quantitative estimate of drug-likeness (QED) is 0.495. The van der Waals surface area contributed by atoms with Gasteiger partial charge in [-0.1, -0.05) is 34.1 Å². The molecule has 2 N–H and O–H groups in total. The minimum absolute atomic E-state index is 0.194. The predicted molar refractivity (Wildman–Crippen MR) is 112 cm³/mol. The van der Waals surface area contributed by atoms with E-state index in [4.69, 9.17) is 0 Å². The number of halogens is 1. The lowest BCUT2D eigenvalue weighted by molar-refractivity contribution is 0.467. The van der Waals surface area contributed by atoms with E-state index in [1.54, 1.807) is 16.8 Å². The maximum atomic E-state index is 12.6. The Hall–Kier alpha value is -3.13. The highest BCUT2D eigenvalue weighted by molar-refractivity contribution is 9.10. The monoisotopic (exact) mass is 439 g/mol. The molecule has 8 heteroatoms. The number of hydrogen-bond donors (Lipinski definition) is 2. The molecule has 0 saturated carbocycles. The van der Waals surface area contributed by atoms with Crippen molar-refractivity contribution in [3.8, 4) is 11.4 Å². The van der Waals surface area contributed by atoms with Crippen LogP contribution in [0.5, 0.6) is 5.75 Å². The summed E-state index contributed by atoms with van der Waals surface area (Å²) in [6.45, 7) is 2.96. The predicted octanol–water partition coefficient (Wildman–Crippen LogP) is 3.60. The summed E-state index contributed by atoms with van der Waals surface area (Å²) in [5, 5.41) is 14.9. The van der Waals surface area contributed by atoms with Gasteiger partial charge >= 0.3 is 0 Å². The van der Waals surface area contributed by atoms with Crippen LogP contribution in [0.4, 0.5) is 5.95 Å². The van der Waals surface area contributed by atoms with Gasteiger partial charge in [0.15, 0.2) is 5.65 Å². The Labute approximate surface area is 169 Å². The van der Waals surface area contributed by atoms with Gasteiger partial charge in [0.05, 0.1) is 11.9 Å². The molecule has 2 aromatic heterocycles. The van der Waals surface area contributed by atoms with Crippen molar-refractivity contribution in [2.24, 2.45) is 0 Å². The van der Waals surface area contributed by atoms with E-state index in [0.717, 1.165) is 15.7 Å². The van der Waals surface area contributed by atoms with Crippen molar-refractivity contribution in [1.29, 1.82) is 0 Å². The molecular formula is C20H18BrN5O2. The van der Waals surface area contributed by atoms with Gasteiger partial charge in [0, 0.05) is 23.1 Å². The van der Waals surface area contributed by atoms with Crippen LogP contribution in [0.25, 0.3) is 16.7 Å². The molecule has 0 saturated heterocycles. The number of fused-ring (bicyclic) bond motifs is 1. The number of aromatic amines is 1. The van der Waals surface area contributed by atoms with Crippen molar-refractivity contribution in [3.05, 3.63) is 75.1 Å². The summed E-state index contributed by atoms with van der Waals surface area (Å²) in [6, 6.07) is 14.8. The van der Waals surface area contributed by atoms with Gasteiger partial charge in [-0.2, -0.15) is 10.1 Å². The van der Waals surface area contributed by atoms with Crippen LogP contribution in [0.3, 0.4) is 0 Å². The topological polar surface area (TPSA) is 87.0 Å². The Morgan fingerprint density at radius 3 is 2.75 bits per heavy atom. The lowest BCUT2D eigenvalue weighted by Crippen LogP contribution is -2.27. The average molecular weight is 440 g/mol. The van der Waals surface area contributed by atoms with Crippen molar-refractivity contribution in [1.82, 2.24) is 19.7 Å². The Morgan fingerprint density at radius 1 is 1.21 bits per heavy atom. The van der Waals surface area contributed by atoms with Crippen molar-refractivity contribution < 1.29 is 5.11 Å². The molecule has 4 rings (SSSR count). The molecule has 0 bridgehead atoms. The van der Waals surface area contributed by atoms with E-state index in [1.807, 2.05) is 48.2 Å². The number of anilines is 1. The number of phenolic OH excluding ortho intramolecular Hbond substituents is 1. The third kappa shape index (κ3) is 3.38. The molecule has 0 aliphatic rings. The van der Waals surface area contributed by atoms with Gasteiger partial charge in [0.2, 0.25) is 5.95 Å². The fourth-order valence-corrected chi connectivity index (χ4v) is 3.45. The minimum Gasteiger partial charge on any atom is -0.508 e. The van der Waals surface area contributed by atoms with E-state index < -0.39 is 0 Å². The molecule has 7 nitrogen and oxygen atoms in total. The summed E-state index contributed by atoms with van der Waals surface area (Å²) in [5.41, 5.74) is 1.80. The van der Waals surface area contributed by atoms with E-state index in [9.17, 15) is 9.90 Å². The Morgan fingerprint density at radius 2 is 2.00 bits per heavy atom. The lowest BCUT2D eigenvalue weighted by atomic mass is 10.2. The smallest absolute Gasteiger partial charge is 0.263 e. The highest BCUT2D eigenvalue weighted by Crippen LogP contribution is 2.25. The second-order valence-corrected chi connectivity index (χ2v) is 7.22. The zero-order chi connectivity index (χ0) is 19.7. The molecule has 0 atom stereocenters. The summed E-state index contributed by atoms with van der Waals surface area (Å²) >= 11 is 3.42. The summed E-state index contributed by atoms with van der Waals surface area (Å²) in [4.78, 5) is 22.0. The number of para-hydroxylation sites is 1. The fourth-order valence-electron chi connectivity index (χ4n) is 3.04. The van der Waals surface area contributed by atoms with Gasteiger partial charge in [-0.15, -0.1) is 0 Å². The number of nitrogens with zero attached hydrogens (tertiary/aromatic N) is 4. The number of H-pyrrole nitrogens is 1. The summed E-state index contributed by atoms with van der Waals surface area (Å²) in [7, 11) is 0. The Balaban J connectivity index is 1.79. The first-order valence-electron chi connectivity index (χ1n) is 8.82. The molecule has 0 fully saturated rings. The molecule has 0 radical (unpaired) electrons. The minimum atomic E-state index is -0.251. The molecule has 2 aromatic carbocycles. The van der Waals surface area contributed by atoms with E-state index in [0.29, 0.717) is 30.1 Å². The van der Waals surface area contributed by atoms with Gasteiger partial charge < -0.3 is 10.0 Å². The van der Waals surface area contributed by atoms with Crippen LogP contribution in [0.1, 0.15) is 12.5 Å². The van der Waals surface area contributed by atoms with Crippen LogP contribution in [-0.4, -0.2) is 31.4 Å². The number of benzene rings is 2. The normalized spacial score (nSPS) is 11.1. The molecule has 2 heterocycles. The Kier molecular flexibility index (Phi) is 4.87. The van der Waals surface area contributed by atoms with E-state index in [2.05, 4.69) is 31.0 Å². The van der Waals surface area contributed by atoms with Crippen molar-refractivity contribution in [2.75, 3.05) is 11.4 Å². The molecule has 28 heavy (non-hydrogen) atoms. The van der Waals surface area contributed by atoms with Crippen molar-refractivity contribution >= 4 is 32.9 Å². The van der Waals surface area contributed by atoms with Gasteiger partial charge in [-0.05, 0) is 37.3 Å². The third-order valence-corrected chi connectivity index (χ3v) is 5.00. The molecule has 0 unspecified atom stereocenters. The number of aromatic nitrogens is 4. The summed E-state index contributed by atoms with van der Waals surface area (Å²) in [6.07, 6.45) is 1.52. The van der Waals surface area contributed by atoms with Gasteiger partial charge in [-0.25, -0.2) is 4.68 Å². The second kappa shape index (κ2) is 7.47. The van der Waals surface area contributed by atoms with Crippen LogP contribution < -0.4 is 10.5 Å². The summed E-state index contributed by atoms with van der Waals surface area (Å²) < 4.78 is 2.52. The highest BCUT2D eigenvalue weighted by Gasteiger charge is 2.16. The first kappa shape index (κ1) is 18.2. The van der Waals surface area contributed by atoms with Gasteiger partial charge in [0.25, 0.3) is 5.56 Å². The number of rotatable bonds is 5. The third-order valence-electron chi connectivity index (χ3n) is 4.51. The van der Waals surface area contributed by atoms with Crippen LogP contribution in [0.15, 0.2) is 64.0 Å². The van der Waals surface area contributed by atoms with Gasteiger partial charge in [-0.3, -0.25) is 9.78 Å². The molecule has 4 aromatic rings. The standard InChI is InChI=1S/C20H18BrN5O2/c1-2-25(12-13-10-14(21)8-9-17(13)27)20-23-18-16(19(28)24-20)11-22-26(18)15-6-4-3-5-7-15/h3-11,27H,2,12H2,1H3,(H,23,24,28). The van der Waals surface area contributed by atoms with Gasteiger partial charge in [0.1, 0.15) is 11.1 Å². The SMILES string of the molecule is CCN(Cc1cc(Br)ccc1O)c1nc2c(cnn2-c2ccccc2)c(=O)[nH]1. The maximum Gasteiger partial charge on any atom is 0.263 e. The number of phenols is 1. The maximum absolute atomic E-state index is 12.6. The first-order valence-corrected chi connectivity index (χ1v) is 9.62. The van der Waals surface area contributed by atoms with Crippen LogP contribution in [0, 0.1) is 0 Å². The zero-order valence-corrected chi connectivity index (χ0v) is 16.7. The molecule has 0 aliphatic carbocycles. The van der Waals surface area contributed by atoms with E-state index >= 15 is 0 Å². The number of nitrogens with one attached hydrogen (secondary N) is 1. The fraction of sp³-hybridized carbons (Fsp3) is 0.150. The number of aromatic hydroxyl groups is 1. The lowest BCUT2D eigenvalue weighted by Gasteiger charge is -2.22.